The van der Waals surface area contributed by atoms with Gasteiger partial charge in [-0.2, -0.15) is 0 Å². The number of nitrogens with zero attached hydrogens (tertiary/aromatic N) is 1. The molecule has 8 heteroatoms. The van der Waals surface area contributed by atoms with Crippen LogP contribution in [0.2, 0.25) is 0 Å². The van der Waals surface area contributed by atoms with Crippen LogP contribution in [0.3, 0.4) is 0 Å². The van der Waals surface area contributed by atoms with Crippen LogP contribution in [0, 0.1) is 11.2 Å². The highest BCUT2D eigenvalue weighted by Gasteiger charge is 2.58. The standard InChI is InChI=1S/C31H28FN3O4/c1-18(36)34-26-16-31(26)12-13-35(17-31)30(38)22-5-3-4-20(14-22)21-8-11-25-24(15-21)27(29(37)33-2)28(39-25)19-6-9-23(32)10-7-19/h3-11,14-15,26H,12-13,16-17H2,1-2H3,(H,33,37)(H,34,36). The molecule has 2 N–H and O–H groups in total. The van der Waals surface area contributed by atoms with E-state index in [4.69, 9.17) is 4.42 Å². The quantitative estimate of drug-likeness (QED) is 0.383. The first-order valence-corrected chi connectivity index (χ1v) is 13.0. The summed E-state index contributed by atoms with van der Waals surface area (Å²) in [5, 5.41) is 6.30. The predicted octanol–water partition coefficient (Wildman–Crippen LogP) is 5.01. The average molecular weight is 526 g/mol. The summed E-state index contributed by atoms with van der Waals surface area (Å²) in [7, 11) is 1.55. The summed E-state index contributed by atoms with van der Waals surface area (Å²) in [5.41, 5.74) is 3.76. The Morgan fingerprint density at radius 1 is 1.00 bits per heavy atom. The number of halogens is 1. The molecule has 2 fully saturated rings. The van der Waals surface area contributed by atoms with E-state index in [0.717, 1.165) is 24.0 Å². The summed E-state index contributed by atoms with van der Waals surface area (Å²) >= 11 is 0. The van der Waals surface area contributed by atoms with Gasteiger partial charge in [-0.15, -0.1) is 0 Å². The number of nitrogens with one attached hydrogen (secondary N) is 2. The van der Waals surface area contributed by atoms with Gasteiger partial charge in [0.15, 0.2) is 0 Å². The van der Waals surface area contributed by atoms with Crippen molar-refractivity contribution < 1.29 is 23.2 Å². The Hall–Kier alpha value is -4.46. The molecule has 0 radical (unpaired) electrons. The number of rotatable bonds is 5. The predicted molar refractivity (Wildman–Crippen MR) is 146 cm³/mol. The van der Waals surface area contributed by atoms with Gasteiger partial charge in [0.2, 0.25) is 5.91 Å². The van der Waals surface area contributed by atoms with E-state index in [1.165, 1.54) is 19.1 Å². The highest BCUT2D eigenvalue weighted by molar-refractivity contribution is 6.12. The summed E-state index contributed by atoms with van der Waals surface area (Å²) in [6.45, 7) is 2.84. The van der Waals surface area contributed by atoms with Crippen LogP contribution in [0.1, 0.15) is 40.5 Å². The van der Waals surface area contributed by atoms with E-state index in [0.29, 0.717) is 46.5 Å². The van der Waals surface area contributed by atoms with Gasteiger partial charge >= 0.3 is 0 Å². The molecule has 6 rings (SSSR count). The van der Waals surface area contributed by atoms with Gasteiger partial charge in [0, 0.05) is 55.0 Å². The van der Waals surface area contributed by atoms with Gasteiger partial charge in [0.1, 0.15) is 17.2 Å². The zero-order chi connectivity index (χ0) is 27.3. The van der Waals surface area contributed by atoms with Crippen molar-refractivity contribution in [1.82, 2.24) is 15.5 Å². The summed E-state index contributed by atoms with van der Waals surface area (Å²) in [5.74, 6) is -0.382. The number of carbonyl (C=O) groups excluding carboxylic acids is 3. The molecule has 2 atom stereocenters. The molecule has 1 aromatic heterocycles. The third kappa shape index (κ3) is 4.46. The Kier molecular flexibility index (Phi) is 5.98. The van der Waals surface area contributed by atoms with E-state index in [1.54, 1.807) is 25.2 Å². The van der Waals surface area contributed by atoms with Crippen molar-refractivity contribution in [3.05, 3.63) is 83.7 Å². The molecule has 1 aliphatic heterocycles. The molecule has 1 aliphatic carbocycles. The fourth-order valence-electron chi connectivity index (χ4n) is 5.76. The SMILES string of the molecule is CNC(=O)c1c(-c2ccc(F)cc2)oc2ccc(-c3cccc(C(=O)N4CCC5(CC5NC(C)=O)C4)c3)cc12. The van der Waals surface area contributed by atoms with Gasteiger partial charge in [-0.05, 0) is 72.5 Å². The number of hydrogen-bond donors (Lipinski definition) is 2. The minimum atomic E-state index is -0.373. The van der Waals surface area contributed by atoms with Crippen molar-refractivity contribution in [2.24, 2.45) is 5.41 Å². The van der Waals surface area contributed by atoms with Crippen LogP contribution in [0.4, 0.5) is 4.39 Å². The maximum Gasteiger partial charge on any atom is 0.255 e. The molecule has 2 unspecified atom stereocenters. The first-order chi connectivity index (χ1) is 18.8. The maximum atomic E-state index is 13.5. The van der Waals surface area contributed by atoms with E-state index in [1.807, 2.05) is 41.3 Å². The summed E-state index contributed by atoms with van der Waals surface area (Å²) in [6.07, 6.45) is 1.80. The molecule has 39 heavy (non-hydrogen) atoms. The number of benzene rings is 3. The van der Waals surface area contributed by atoms with Gasteiger partial charge in [-0.25, -0.2) is 4.39 Å². The Bertz CT molecular complexity index is 1630. The molecule has 0 bridgehead atoms. The molecule has 7 nitrogen and oxygen atoms in total. The Balaban J connectivity index is 1.31. The van der Waals surface area contributed by atoms with Crippen molar-refractivity contribution in [3.63, 3.8) is 0 Å². The minimum Gasteiger partial charge on any atom is -0.455 e. The first-order valence-electron chi connectivity index (χ1n) is 13.0. The number of furan rings is 1. The third-order valence-electron chi connectivity index (χ3n) is 7.93. The fourth-order valence-corrected chi connectivity index (χ4v) is 5.76. The van der Waals surface area contributed by atoms with Crippen LogP contribution >= 0.6 is 0 Å². The van der Waals surface area contributed by atoms with Crippen molar-refractivity contribution in [2.75, 3.05) is 20.1 Å². The largest absolute Gasteiger partial charge is 0.455 e. The van der Waals surface area contributed by atoms with Gasteiger partial charge < -0.3 is 20.0 Å². The second-order valence-corrected chi connectivity index (χ2v) is 10.5. The Labute approximate surface area is 225 Å². The highest BCUT2D eigenvalue weighted by atomic mass is 19.1. The molecular formula is C31H28FN3O4. The van der Waals surface area contributed by atoms with Crippen LogP contribution < -0.4 is 10.6 Å². The molecule has 1 saturated heterocycles. The molecule has 1 spiro atoms. The molecular weight excluding hydrogens is 497 g/mol. The van der Waals surface area contributed by atoms with E-state index in [9.17, 15) is 18.8 Å². The molecule has 3 aromatic carbocycles. The number of likely N-dealkylation sites (tertiary alicyclic amines) is 1. The Morgan fingerprint density at radius 2 is 1.74 bits per heavy atom. The van der Waals surface area contributed by atoms with Gasteiger partial charge in [0.25, 0.3) is 11.8 Å². The molecule has 198 valence electrons. The van der Waals surface area contributed by atoms with Gasteiger partial charge in [-0.1, -0.05) is 18.2 Å². The normalized spacial score (nSPS) is 19.9. The molecule has 2 heterocycles. The highest BCUT2D eigenvalue weighted by Crippen LogP contribution is 2.53. The number of hydrogen-bond acceptors (Lipinski definition) is 4. The van der Waals surface area contributed by atoms with E-state index >= 15 is 0 Å². The summed E-state index contributed by atoms with van der Waals surface area (Å²) < 4.78 is 19.6. The molecule has 3 amide bonds. The van der Waals surface area contributed by atoms with Crippen LogP contribution in [0.15, 0.2) is 71.1 Å². The first kappa shape index (κ1) is 24.9. The molecule has 4 aromatic rings. The van der Waals surface area contributed by atoms with Crippen LogP contribution in [-0.2, 0) is 4.79 Å². The van der Waals surface area contributed by atoms with Crippen molar-refractivity contribution in [2.45, 2.75) is 25.8 Å². The molecule has 2 aliphatic rings. The lowest BCUT2D eigenvalue weighted by atomic mass is 9.98. The maximum absolute atomic E-state index is 13.5. The van der Waals surface area contributed by atoms with Crippen molar-refractivity contribution in [1.29, 1.82) is 0 Å². The average Bonchev–Trinajstić information content (AvgIpc) is 3.25. The second kappa shape index (κ2) is 9.38. The van der Waals surface area contributed by atoms with E-state index < -0.39 is 0 Å². The number of fused-ring (bicyclic) bond motifs is 1. The topological polar surface area (TPSA) is 91.7 Å². The van der Waals surface area contributed by atoms with Gasteiger partial charge in [0.05, 0.1) is 5.56 Å². The minimum absolute atomic E-state index is 0.00371. The number of carbonyl (C=O) groups is 3. The van der Waals surface area contributed by atoms with E-state index in [-0.39, 0.29) is 35.0 Å². The lowest BCUT2D eigenvalue weighted by Crippen LogP contribution is -2.32. The van der Waals surface area contributed by atoms with Crippen LogP contribution in [-0.4, -0.2) is 48.8 Å². The van der Waals surface area contributed by atoms with Crippen molar-refractivity contribution in [3.8, 4) is 22.5 Å². The summed E-state index contributed by atoms with van der Waals surface area (Å²) in [4.78, 5) is 39.6. The zero-order valence-electron chi connectivity index (χ0n) is 21.7. The van der Waals surface area contributed by atoms with Crippen LogP contribution in [0.25, 0.3) is 33.4 Å². The third-order valence-corrected chi connectivity index (χ3v) is 7.93. The molecule has 1 saturated carbocycles. The van der Waals surface area contributed by atoms with Gasteiger partial charge in [-0.3, -0.25) is 14.4 Å². The smallest absolute Gasteiger partial charge is 0.255 e. The fraction of sp³-hybridized carbons (Fsp3) is 0.258. The second-order valence-electron chi connectivity index (χ2n) is 10.5. The van der Waals surface area contributed by atoms with Crippen LogP contribution in [0.5, 0.6) is 0 Å². The van der Waals surface area contributed by atoms with E-state index in [2.05, 4.69) is 10.6 Å². The monoisotopic (exact) mass is 525 g/mol. The lowest BCUT2D eigenvalue weighted by Gasteiger charge is -2.17. The number of amides is 3. The lowest BCUT2D eigenvalue weighted by molar-refractivity contribution is -0.119. The van der Waals surface area contributed by atoms with Crippen molar-refractivity contribution >= 4 is 28.7 Å². The zero-order valence-corrected chi connectivity index (χ0v) is 21.7. The Morgan fingerprint density at radius 3 is 2.49 bits per heavy atom. The summed E-state index contributed by atoms with van der Waals surface area (Å²) in [6, 6.07) is 19.0.